The van der Waals surface area contributed by atoms with Gasteiger partial charge in [0.1, 0.15) is 0 Å². The highest BCUT2D eigenvalue weighted by Gasteiger charge is 2.22. The second kappa shape index (κ2) is 9.55. The summed E-state index contributed by atoms with van der Waals surface area (Å²) >= 11 is 3.63. The van der Waals surface area contributed by atoms with Gasteiger partial charge in [-0.25, -0.2) is 0 Å². The molecule has 2 rings (SSSR count). The number of anilines is 1. The predicted molar refractivity (Wildman–Crippen MR) is 93.3 cm³/mol. The van der Waals surface area contributed by atoms with Crippen molar-refractivity contribution in [3.63, 3.8) is 0 Å². The number of amides is 1. The quantitative estimate of drug-likeness (QED) is 0.869. The fourth-order valence-corrected chi connectivity index (χ4v) is 4.45. The van der Waals surface area contributed by atoms with E-state index < -0.39 is 0 Å². The normalized spacial score (nSPS) is 18.1. The van der Waals surface area contributed by atoms with Gasteiger partial charge in [-0.15, -0.1) is 24.2 Å². The molecule has 0 aromatic heterocycles. The molecule has 1 unspecified atom stereocenters. The first-order valence-electron chi connectivity index (χ1n) is 6.59. The highest BCUT2D eigenvalue weighted by molar-refractivity contribution is 8.07. The largest absolute Gasteiger partial charge is 0.325 e. The van der Waals surface area contributed by atoms with E-state index in [0.717, 1.165) is 36.0 Å². The molecule has 2 N–H and O–H groups in total. The molecular weight excluding hydrogens is 312 g/mol. The lowest BCUT2D eigenvalue weighted by Crippen LogP contribution is -2.30. The Morgan fingerprint density at radius 3 is 2.95 bits per heavy atom. The summed E-state index contributed by atoms with van der Waals surface area (Å²) in [5.74, 6) is 3.29. The smallest absolute Gasteiger partial charge is 0.238 e. The molecule has 1 saturated heterocycles. The minimum atomic E-state index is 0. The maximum absolute atomic E-state index is 12.1. The van der Waals surface area contributed by atoms with E-state index in [4.69, 9.17) is 0 Å². The molecule has 20 heavy (non-hydrogen) atoms. The van der Waals surface area contributed by atoms with E-state index in [2.05, 4.69) is 23.6 Å². The Kier molecular flexibility index (Phi) is 8.45. The fourth-order valence-electron chi connectivity index (χ4n) is 1.89. The summed E-state index contributed by atoms with van der Waals surface area (Å²) < 4.78 is 0. The van der Waals surface area contributed by atoms with E-state index >= 15 is 0 Å². The average Bonchev–Trinajstić information content (AvgIpc) is 2.46. The Balaban J connectivity index is 0.00000200. The van der Waals surface area contributed by atoms with Crippen LogP contribution >= 0.6 is 35.9 Å². The number of benzene rings is 1. The molecule has 1 aliphatic rings. The fraction of sp³-hybridized carbons (Fsp3) is 0.500. The SMILES string of the molecule is CCNCc1cccc(NC(=O)C2CSCCS2)c1.Cl. The molecule has 6 heteroatoms. The third-order valence-electron chi connectivity index (χ3n) is 2.88. The molecule has 1 fully saturated rings. The topological polar surface area (TPSA) is 41.1 Å². The number of nitrogens with one attached hydrogen (secondary N) is 2. The van der Waals surface area contributed by atoms with E-state index in [9.17, 15) is 4.79 Å². The van der Waals surface area contributed by atoms with Crippen molar-refractivity contribution in [2.24, 2.45) is 0 Å². The molecule has 3 nitrogen and oxygen atoms in total. The van der Waals surface area contributed by atoms with Crippen LogP contribution in [0.15, 0.2) is 24.3 Å². The van der Waals surface area contributed by atoms with Crippen molar-refractivity contribution in [1.29, 1.82) is 0 Å². The van der Waals surface area contributed by atoms with Gasteiger partial charge in [-0.05, 0) is 24.2 Å². The van der Waals surface area contributed by atoms with Crippen LogP contribution in [0.5, 0.6) is 0 Å². The van der Waals surface area contributed by atoms with Crippen LogP contribution < -0.4 is 10.6 Å². The Morgan fingerprint density at radius 2 is 2.25 bits per heavy atom. The molecule has 0 saturated carbocycles. The molecule has 0 aliphatic carbocycles. The molecule has 1 amide bonds. The number of hydrogen-bond donors (Lipinski definition) is 2. The molecule has 1 aliphatic heterocycles. The molecule has 1 atom stereocenters. The lowest BCUT2D eigenvalue weighted by atomic mass is 10.2. The van der Waals surface area contributed by atoms with Crippen LogP contribution in [-0.4, -0.2) is 35.0 Å². The number of thioether (sulfide) groups is 2. The Bertz CT molecular complexity index is 425. The molecule has 0 radical (unpaired) electrons. The van der Waals surface area contributed by atoms with Crippen LogP contribution in [0.1, 0.15) is 12.5 Å². The maximum atomic E-state index is 12.1. The van der Waals surface area contributed by atoms with Gasteiger partial charge >= 0.3 is 0 Å². The zero-order chi connectivity index (χ0) is 13.5. The predicted octanol–water partition coefficient (Wildman–Crippen LogP) is 3.01. The van der Waals surface area contributed by atoms with Gasteiger partial charge < -0.3 is 10.6 Å². The average molecular weight is 333 g/mol. The maximum Gasteiger partial charge on any atom is 0.238 e. The van der Waals surface area contributed by atoms with Gasteiger partial charge in [0.2, 0.25) is 5.91 Å². The van der Waals surface area contributed by atoms with E-state index in [-0.39, 0.29) is 23.6 Å². The number of carbonyl (C=O) groups excluding carboxylic acids is 1. The third-order valence-corrected chi connectivity index (χ3v) is 5.64. The first-order valence-corrected chi connectivity index (χ1v) is 8.80. The number of carbonyl (C=O) groups is 1. The van der Waals surface area contributed by atoms with Crippen LogP contribution in [0.3, 0.4) is 0 Å². The zero-order valence-corrected chi connectivity index (χ0v) is 14.0. The highest BCUT2D eigenvalue weighted by atomic mass is 35.5. The summed E-state index contributed by atoms with van der Waals surface area (Å²) in [6.45, 7) is 3.88. The van der Waals surface area contributed by atoms with Gasteiger partial charge in [-0.2, -0.15) is 11.8 Å². The van der Waals surface area contributed by atoms with Gasteiger partial charge in [0.25, 0.3) is 0 Å². The first-order chi connectivity index (χ1) is 9.29. The van der Waals surface area contributed by atoms with Crippen molar-refractivity contribution in [2.75, 3.05) is 29.1 Å². The second-order valence-corrected chi connectivity index (χ2v) is 6.86. The minimum absolute atomic E-state index is 0. The van der Waals surface area contributed by atoms with Gasteiger partial charge in [0.05, 0.1) is 5.25 Å². The van der Waals surface area contributed by atoms with Crippen molar-refractivity contribution in [3.05, 3.63) is 29.8 Å². The number of hydrogen-bond acceptors (Lipinski definition) is 4. The number of rotatable bonds is 5. The summed E-state index contributed by atoms with van der Waals surface area (Å²) in [7, 11) is 0. The summed E-state index contributed by atoms with van der Waals surface area (Å²) in [4.78, 5) is 12.1. The highest BCUT2D eigenvalue weighted by Crippen LogP contribution is 2.25. The van der Waals surface area contributed by atoms with Crippen LogP contribution in [0.25, 0.3) is 0 Å². The van der Waals surface area contributed by atoms with Crippen LogP contribution in [-0.2, 0) is 11.3 Å². The molecule has 0 spiro atoms. The standard InChI is InChI=1S/C14H20N2OS2.ClH/c1-2-15-9-11-4-3-5-12(8-11)16-14(17)13-10-18-6-7-19-13;/h3-5,8,13,15H,2,6-7,9-10H2,1H3,(H,16,17);1H. The van der Waals surface area contributed by atoms with Gasteiger partial charge in [-0.3, -0.25) is 4.79 Å². The second-order valence-electron chi connectivity index (χ2n) is 4.40. The van der Waals surface area contributed by atoms with Gasteiger partial charge in [-0.1, -0.05) is 19.1 Å². The van der Waals surface area contributed by atoms with Crippen molar-refractivity contribution in [2.45, 2.75) is 18.7 Å². The molecular formula is C14H21ClN2OS2. The van der Waals surface area contributed by atoms with Crippen LogP contribution in [0.4, 0.5) is 5.69 Å². The Morgan fingerprint density at radius 1 is 1.40 bits per heavy atom. The van der Waals surface area contributed by atoms with E-state index in [1.807, 2.05) is 30.0 Å². The van der Waals surface area contributed by atoms with Crippen molar-refractivity contribution >= 4 is 47.5 Å². The Labute approximate surface area is 135 Å². The molecule has 112 valence electrons. The summed E-state index contributed by atoms with van der Waals surface area (Å²) in [5.41, 5.74) is 2.10. The zero-order valence-electron chi connectivity index (χ0n) is 11.6. The minimum Gasteiger partial charge on any atom is -0.325 e. The summed E-state index contributed by atoms with van der Waals surface area (Å²) in [6, 6.07) is 8.06. The summed E-state index contributed by atoms with van der Waals surface area (Å²) in [5, 5.41) is 6.41. The van der Waals surface area contributed by atoms with Gasteiger partial charge in [0.15, 0.2) is 0 Å². The van der Waals surface area contributed by atoms with Crippen LogP contribution in [0.2, 0.25) is 0 Å². The lowest BCUT2D eigenvalue weighted by Gasteiger charge is -2.20. The summed E-state index contributed by atoms with van der Waals surface area (Å²) in [6.07, 6.45) is 0. The molecule has 0 bridgehead atoms. The van der Waals surface area contributed by atoms with E-state index in [0.29, 0.717) is 0 Å². The van der Waals surface area contributed by atoms with Crippen molar-refractivity contribution in [1.82, 2.24) is 5.32 Å². The first kappa shape index (κ1) is 17.7. The molecule has 1 aromatic carbocycles. The Hall–Kier alpha value is -0.360. The molecule has 1 aromatic rings. The lowest BCUT2D eigenvalue weighted by molar-refractivity contribution is -0.115. The molecule has 1 heterocycles. The van der Waals surface area contributed by atoms with E-state index in [1.54, 1.807) is 11.8 Å². The number of halogens is 1. The van der Waals surface area contributed by atoms with Crippen LogP contribution in [0, 0.1) is 0 Å². The van der Waals surface area contributed by atoms with Crippen molar-refractivity contribution < 1.29 is 4.79 Å². The van der Waals surface area contributed by atoms with Gasteiger partial charge in [0, 0.05) is 29.5 Å². The van der Waals surface area contributed by atoms with E-state index in [1.165, 1.54) is 5.56 Å². The van der Waals surface area contributed by atoms with Crippen molar-refractivity contribution in [3.8, 4) is 0 Å². The monoisotopic (exact) mass is 332 g/mol. The third kappa shape index (κ3) is 5.56.